The number of aliphatic hydroxyl groups is 1. The van der Waals surface area contributed by atoms with Crippen molar-refractivity contribution in [1.82, 2.24) is 0 Å². The summed E-state index contributed by atoms with van der Waals surface area (Å²) in [6.45, 7) is 21.7. The fraction of sp³-hybridized carbons (Fsp3) is 0.486. The number of para-hydroxylation sites is 1. The normalized spacial score (nSPS) is 13.7. The molecule has 0 spiro atoms. The molecule has 0 amide bonds. The van der Waals surface area contributed by atoms with Gasteiger partial charge in [0, 0.05) is 11.1 Å². The Hall–Kier alpha value is -3.16. The Morgan fingerprint density at radius 2 is 1.28 bits per heavy atom. The van der Waals surface area contributed by atoms with Gasteiger partial charge in [-0.15, -0.1) is 0 Å². The van der Waals surface area contributed by atoms with E-state index in [2.05, 4.69) is 34.3 Å². The molecule has 43 heavy (non-hydrogen) atoms. The number of aliphatic hydroxyl groups excluding tert-OH is 1. The van der Waals surface area contributed by atoms with E-state index in [1.54, 1.807) is 43.3 Å². The van der Waals surface area contributed by atoms with E-state index in [0.717, 1.165) is 12.1 Å². The van der Waals surface area contributed by atoms with Crippen molar-refractivity contribution in [2.24, 2.45) is 10.8 Å². The van der Waals surface area contributed by atoms with Crippen molar-refractivity contribution in [3.05, 3.63) is 95.3 Å². The minimum atomic E-state index is -4.80. The molecule has 0 aromatic heterocycles. The number of allylic oxidation sites excluding steroid dienone is 4. The Labute approximate surface area is 253 Å². The van der Waals surface area contributed by atoms with Gasteiger partial charge in [0.1, 0.15) is 11.5 Å². The molecule has 1 atom stereocenters. The van der Waals surface area contributed by atoms with Crippen LogP contribution in [-0.2, 0) is 12.4 Å². The predicted molar refractivity (Wildman–Crippen MR) is 166 cm³/mol. The molecule has 0 bridgehead atoms. The molecular formula is C35H48F6O2. The highest BCUT2D eigenvalue weighted by Gasteiger charge is 2.38. The molecule has 0 aliphatic carbocycles. The van der Waals surface area contributed by atoms with E-state index in [4.69, 9.17) is 0 Å². The first-order valence-corrected chi connectivity index (χ1v) is 14.4. The molecule has 242 valence electrons. The summed E-state index contributed by atoms with van der Waals surface area (Å²) in [5.74, 6) is -0.191. The summed E-state index contributed by atoms with van der Waals surface area (Å²) in [4.78, 5) is 0. The van der Waals surface area contributed by atoms with Gasteiger partial charge in [-0.05, 0) is 59.6 Å². The molecule has 0 saturated carbocycles. The number of rotatable bonds is 7. The highest BCUT2D eigenvalue weighted by atomic mass is 19.4. The van der Waals surface area contributed by atoms with E-state index in [1.807, 2.05) is 27.7 Å². The minimum Gasteiger partial charge on any atom is -0.507 e. The second-order valence-electron chi connectivity index (χ2n) is 11.9. The van der Waals surface area contributed by atoms with Gasteiger partial charge in [-0.1, -0.05) is 112 Å². The van der Waals surface area contributed by atoms with Crippen LogP contribution >= 0.6 is 0 Å². The number of aromatic hydroxyl groups is 1. The van der Waals surface area contributed by atoms with Gasteiger partial charge in [0.2, 0.25) is 0 Å². The lowest BCUT2D eigenvalue weighted by Crippen LogP contribution is -2.23. The van der Waals surface area contributed by atoms with Crippen molar-refractivity contribution in [1.29, 1.82) is 0 Å². The summed E-state index contributed by atoms with van der Waals surface area (Å²) in [5, 5.41) is 19.3. The maximum atomic E-state index is 12.9. The Balaban J connectivity index is 0.000000722. The number of phenolic OH excluding ortho intramolecular Hbond substituents is 1. The molecule has 0 fully saturated rings. The molecule has 8 heteroatoms. The molecule has 0 radical (unpaired) electrons. The van der Waals surface area contributed by atoms with Gasteiger partial charge in [-0.3, -0.25) is 0 Å². The van der Waals surface area contributed by atoms with Crippen molar-refractivity contribution >= 4 is 5.57 Å². The Morgan fingerprint density at radius 3 is 1.60 bits per heavy atom. The number of halogens is 6. The van der Waals surface area contributed by atoms with E-state index >= 15 is 0 Å². The van der Waals surface area contributed by atoms with Gasteiger partial charge in [0.15, 0.2) is 0 Å². The molecule has 0 aliphatic rings. The van der Waals surface area contributed by atoms with Gasteiger partial charge in [-0.2, -0.15) is 26.3 Å². The number of alkyl halides is 6. The maximum absolute atomic E-state index is 12.9. The predicted octanol–water partition coefficient (Wildman–Crippen LogP) is 12.5. The number of hydrogen-bond acceptors (Lipinski definition) is 2. The van der Waals surface area contributed by atoms with Crippen LogP contribution in [-0.4, -0.2) is 10.2 Å². The monoisotopic (exact) mass is 614 g/mol. The zero-order valence-corrected chi connectivity index (χ0v) is 26.8. The van der Waals surface area contributed by atoms with Gasteiger partial charge >= 0.3 is 12.4 Å². The average Bonchev–Trinajstić information content (AvgIpc) is 2.93. The van der Waals surface area contributed by atoms with Crippen molar-refractivity contribution in [3.63, 3.8) is 0 Å². The van der Waals surface area contributed by atoms with Crippen LogP contribution in [0.2, 0.25) is 0 Å². The molecule has 0 heterocycles. The number of benzene rings is 2. The van der Waals surface area contributed by atoms with E-state index in [9.17, 15) is 36.6 Å². The van der Waals surface area contributed by atoms with E-state index in [0.29, 0.717) is 29.4 Å². The molecule has 0 aliphatic heterocycles. The van der Waals surface area contributed by atoms with Crippen molar-refractivity contribution in [2.45, 2.75) is 99.8 Å². The third kappa shape index (κ3) is 12.9. The van der Waals surface area contributed by atoms with Crippen molar-refractivity contribution < 1.29 is 36.6 Å². The number of phenols is 1. The molecule has 2 aromatic rings. The first kappa shape index (κ1) is 39.8. The maximum Gasteiger partial charge on any atom is 0.416 e. The van der Waals surface area contributed by atoms with Crippen molar-refractivity contribution in [3.8, 4) is 5.75 Å². The van der Waals surface area contributed by atoms with Crippen LogP contribution in [0, 0.1) is 10.8 Å². The van der Waals surface area contributed by atoms with Crippen LogP contribution in [0.15, 0.2) is 73.0 Å². The molecule has 2 aromatic carbocycles. The zero-order valence-electron chi connectivity index (χ0n) is 26.8. The second kappa shape index (κ2) is 16.6. The van der Waals surface area contributed by atoms with E-state index < -0.39 is 29.4 Å². The fourth-order valence-electron chi connectivity index (χ4n) is 3.80. The third-order valence-electron chi connectivity index (χ3n) is 7.83. The van der Waals surface area contributed by atoms with Gasteiger partial charge < -0.3 is 10.2 Å². The molecule has 0 saturated heterocycles. The van der Waals surface area contributed by atoms with Gasteiger partial charge in [0.25, 0.3) is 0 Å². The summed E-state index contributed by atoms with van der Waals surface area (Å²) in [7, 11) is 0. The lowest BCUT2D eigenvalue weighted by molar-refractivity contribution is -0.143. The summed E-state index contributed by atoms with van der Waals surface area (Å²) in [5.41, 5.74) is -1.15. The largest absolute Gasteiger partial charge is 0.507 e. The number of hydrogen-bond donors (Lipinski definition) is 2. The van der Waals surface area contributed by atoms with Crippen LogP contribution in [0.1, 0.15) is 110 Å². The molecule has 1 unspecified atom stereocenters. The lowest BCUT2D eigenvalue weighted by Gasteiger charge is -2.35. The van der Waals surface area contributed by atoms with Crippen LogP contribution in [0.4, 0.5) is 26.3 Å². The molecule has 2 N–H and O–H groups in total. The Kier molecular flexibility index (Phi) is 15.4. The Morgan fingerprint density at radius 1 is 0.837 bits per heavy atom. The van der Waals surface area contributed by atoms with Gasteiger partial charge in [-0.25, -0.2) is 0 Å². The van der Waals surface area contributed by atoms with Crippen LogP contribution in [0.5, 0.6) is 5.75 Å². The summed E-state index contributed by atoms with van der Waals surface area (Å²) in [6.07, 6.45) is -2.20. The summed E-state index contributed by atoms with van der Waals surface area (Å²) in [6, 6.07) is 8.67. The van der Waals surface area contributed by atoms with Crippen LogP contribution in [0.3, 0.4) is 0 Å². The highest BCUT2D eigenvalue weighted by Crippen LogP contribution is 2.44. The van der Waals surface area contributed by atoms with Crippen LogP contribution < -0.4 is 0 Å². The SMILES string of the molecule is C=C/C(=C(O)\C=C/C)c1ccccc1O.CCC(C)(C)C.CCC(C)(CC)C(C)c1cc(C(F)(F)F)cc(C(F)(F)F)c1. The standard InChI is InChI=1S/C16H20F6.C13H14O2.C6H14/c1-5-14(4,6-2)10(3)11-7-12(15(17,18)19)9-13(8-11)16(20,21)22;1-3-7-12(14)10(4-2)11-8-5-6-9-13(11)15;1-5-6(2,3)4/h7-10H,5-6H2,1-4H3;3-9,14-15H,2H2,1H3;5H2,1-4H3/b;7-3-,12-10-;. The second-order valence-corrected chi connectivity index (χ2v) is 11.9. The quantitative estimate of drug-likeness (QED) is 0.185. The lowest BCUT2D eigenvalue weighted by atomic mass is 9.70. The first-order valence-electron chi connectivity index (χ1n) is 14.4. The third-order valence-corrected chi connectivity index (χ3v) is 7.83. The van der Waals surface area contributed by atoms with Gasteiger partial charge in [0.05, 0.1) is 11.1 Å². The molecule has 2 nitrogen and oxygen atoms in total. The Bertz CT molecular complexity index is 1180. The molecule has 2 rings (SSSR count). The first-order chi connectivity index (χ1) is 19.6. The zero-order chi connectivity index (χ0) is 33.8. The van der Waals surface area contributed by atoms with E-state index in [1.165, 1.54) is 12.5 Å². The highest BCUT2D eigenvalue weighted by molar-refractivity contribution is 5.79. The average molecular weight is 615 g/mol. The van der Waals surface area contributed by atoms with Crippen molar-refractivity contribution in [2.75, 3.05) is 0 Å². The smallest absolute Gasteiger partial charge is 0.416 e. The summed E-state index contributed by atoms with van der Waals surface area (Å²) >= 11 is 0. The summed E-state index contributed by atoms with van der Waals surface area (Å²) < 4.78 is 77.4. The van der Waals surface area contributed by atoms with E-state index in [-0.39, 0.29) is 28.6 Å². The fourth-order valence-corrected chi connectivity index (χ4v) is 3.80. The minimum absolute atomic E-state index is 0.0772. The topological polar surface area (TPSA) is 40.5 Å². The van der Waals surface area contributed by atoms with Crippen LogP contribution in [0.25, 0.3) is 5.57 Å². The molecular weight excluding hydrogens is 566 g/mol.